The van der Waals surface area contributed by atoms with Gasteiger partial charge in [-0.15, -0.1) is 0 Å². The van der Waals surface area contributed by atoms with E-state index < -0.39 is 23.2 Å². The highest BCUT2D eigenvalue weighted by atomic mass is 16.7. The Hall–Kier alpha value is -3.60. The van der Waals surface area contributed by atoms with E-state index in [1.54, 1.807) is 33.9 Å². The average molecular weight is 435 g/mol. The van der Waals surface area contributed by atoms with Crippen LogP contribution in [-0.4, -0.2) is 44.0 Å². The van der Waals surface area contributed by atoms with Crippen molar-refractivity contribution in [3.63, 3.8) is 0 Å². The van der Waals surface area contributed by atoms with Crippen LogP contribution in [0.25, 0.3) is 0 Å². The lowest BCUT2D eigenvalue weighted by atomic mass is 9.90. The number of ether oxygens (including phenoxy) is 4. The number of nitrogens with one attached hydrogen (secondary N) is 2. The quantitative estimate of drug-likeness (QED) is 0.271. The molecule has 1 aliphatic heterocycles. The number of non-ortho nitro benzene ring substituents is 1. The number of hydrogen-bond donors (Lipinski definition) is 2. The van der Waals surface area contributed by atoms with E-state index in [0.29, 0.717) is 23.5 Å². The summed E-state index contributed by atoms with van der Waals surface area (Å²) in [6.45, 7) is 5.54. The normalized spacial score (nSPS) is 15.8. The van der Waals surface area contributed by atoms with Gasteiger partial charge in [0.05, 0.1) is 22.9 Å². The fourth-order valence-corrected chi connectivity index (χ4v) is 2.94. The van der Waals surface area contributed by atoms with Crippen molar-refractivity contribution in [2.24, 2.45) is 0 Å². The van der Waals surface area contributed by atoms with Crippen LogP contribution < -0.4 is 10.6 Å². The molecule has 1 aromatic carbocycles. The zero-order chi connectivity index (χ0) is 23.0. The number of nitro groups is 1. The van der Waals surface area contributed by atoms with E-state index in [4.69, 9.17) is 18.9 Å². The first-order chi connectivity index (χ1) is 14.8. The summed E-state index contributed by atoms with van der Waals surface area (Å²) < 4.78 is 20.7. The monoisotopic (exact) mass is 435 g/mol. The number of carbonyl (C=O) groups is 2. The van der Waals surface area contributed by atoms with Gasteiger partial charge in [0, 0.05) is 18.7 Å². The summed E-state index contributed by atoms with van der Waals surface area (Å²) in [5.74, 6) is -0.759. The third-order valence-electron chi connectivity index (χ3n) is 4.27. The Morgan fingerprint density at radius 2 is 1.74 bits per heavy atom. The second kappa shape index (κ2) is 11.0. The van der Waals surface area contributed by atoms with Gasteiger partial charge in [0.15, 0.2) is 0 Å². The zero-order valence-electron chi connectivity index (χ0n) is 17.7. The number of carbonyl (C=O) groups excluding carboxylic acids is 2. The van der Waals surface area contributed by atoms with Crippen LogP contribution >= 0.6 is 0 Å². The van der Waals surface area contributed by atoms with Crippen molar-refractivity contribution in [2.75, 3.05) is 26.8 Å². The molecule has 0 radical (unpaired) electrons. The predicted octanol–water partition coefficient (Wildman–Crippen LogP) is 3.29. The van der Waals surface area contributed by atoms with Crippen molar-refractivity contribution in [1.82, 2.24) is 10.6 Å². The maximum atomic E-state index is 12.2. The van der Waals surface area contributed by atoms with Crippen LogP contribution in [0.2, 0.25) is 0 Å². The Balaban J connectivity index is 2.47. The highest BCUT2D eigenvalue weighted by Gasteiger charge is 2.36. The van der Waals surface area contributed by atoms with Crippen LogP contribution in [0, 0.1) is 10.1 Å². The molecule has 1 aliphatic rings. The number of nitro benzene ring substituents is 1. The Morgan fingerprint density at radius 3 is 2.29 bits per heavy atom. The number of allylic oxidation sites excluding steroid dienone is 2. The fourth-order valence-electron chi connectivity index (χ4n) is 2.94. The number of benzene rings is 1. The van der Waals surface area contributed by atoms with E-state index >= 15 is 0 Å². The van der Waals surface area contributed by atoms with Gasteiger partial charge in [0.1, 0.15) is 24.0 Å². The number of nitrogens with zero attached hydrogens (tertiary/aromatic N) is 1. The smallest absolute Gasteiger partial charge is 0.434 e. The summed E-state index contributed by atoms with van der Waals surface area (Å²) in [4.78, 5) is 35.0. The van der Waals surface area contributed by atoms with Gasteiger partial charge in [0.25, 0.3) is 5.69 Å². The molecule has 0 spiro atoms. The lowest BCUT2D eigenvalue weighted by Crippen LogP contribution is -2.29. The molecule has 0 saturated heterocycles. The lowest BCUT2D eigenvalue weighted by Gasteiger charge is -2.30. The van der Waals surface area contributed by atoms with Crippen LogP contribution in [0.1, 0.15) is 32.3 Å². The van der Waals surface area contributed by atoms with E-state index in [1.165, 1.54) is 18.2 Å². The summed E-state index contributed by atoms with van der Waals surface area (Å²) in [5, 5.41) is 17.1. The van der Waals surface area contributed by atoms with Crippen molar-refractivity contribution in [1.29, 1.82) is 0 Å². The van der Waals surface area contributed by atoms with Gasteiger partial charge in [-0.2, -0.15) is 0 Å². The molecular weight excluding hydrogens is 410 g/mol. The molecule has 0 amide bonds. The zero-order valence-corrected chi connectivity index (χ0v) is 17.7. The Bertz CT molecular complexity index is 909. The van der Waals surface area contributed by atoms with Crippen LogP contribution in [-0.2, 0) is 18.9 Å². The molecule has 1 atom stereocenters. The molecule has 0 fully saturated rings. The maximum absolute atomic E-state index is 12.2. The van der Waals surface area contributed by atoms with Crippen LogP contribution in [0.3, 0.4) is 0 Å². The summed E-state index contributed by atoms with van der Waals surface area (Å²) in [5.41, 5.74) is 1.12. The highest BCUT2D eigenvalue weighted by molar-refractivity contribution is 5.65. The van der Waals surface area contributed by atoms with Crippen molar-refractivity contribution in [3.8, 4) is 0 Å². The second-order valence-electron chi connectivity index (χ2n) is 6.48. The van der Waals surface area contributed by atoms with Gasteiger partial charge in [-0.3, -0.25) is 10.1 Å². The van der Waals surface area contributed by atoms with E-state index in [9.17, 15) is 19.7 Å². The third-order valence-corrected chi connectivity index (χ3v) is 4.27. The van der Waals surface area contributed by atoms with Crippen molar-refractivity contribution < 1.29 is 33.5 Å². The minimum Gasteiger partial charge on any atom is -0.434 e. The molecule has 168 valence electrons. The Labute approximate surface area is 179 Å². The molecule has 2 rings (SSSR count). The molecule has 11 nitrogen and oxygen atoms in total. The molecule has 1 aromatic rings. The summed E-state index contributed by atoms with van der Waals surface area (Å²) >= 11 is 0. The minimum atomic E-state index is -0.961. The number of dihydropyridines is 1. The second-order valence-corrected chi connectivity index (χ2v) is 6.48. The third kappa shape index (κ3) is 6.19. The van der Waals surface area contributed by atoms with Gasteiger partial charge >= 0.3 is 12.3 Å². The maximum Gasteiger partial charge on any atom is 0.513 e. The number of rotatable bonds is 8. The number of likely N-dealkylation sites (N-methyl/N-ethyl adjacent to an activating group) is 1. The van der Waals surface area contributed by atoms with Gasteiger partial charge < -0.3 is 29.6 Å². The van der Waals surface area contributed by atoms with E-state index in [0.717, 1.165) is 0 Å². The minimum absolute atomic E-state index is 0.0810. The molecule has 11 heteroatoms. The molecule has 0 saturated carbocycles. The fraction of sp³-hybridized carbons (Fsp3) is 0.400. The lowest BCUT2D eigenvalue weighted by molar-refractivity contribution is -0.384. The van der Waals surface area contributed by atoms with E-state index in [-0.39, 0.29) is 30.4 Å². The van der Waals surface area contributed by atoms with Crippen LogP contribution in [0.4, 0.5) is 15.3 Å². The van der Waals surface area contributed by atoms with Crippen molar-refractivity contribution >= 4 is 18.0 Å². The molecular formula is C20H25N3O8. The largest absolute Gasteiger partial charge is 0.513 e. The Kier molecular flexibility index (Phi) is 8.38. The molecule has 1 unspecified atom stereocenters. The first kappa shape index (κ1) is 23.7. The van der Waals surface area contributed by atoms with Gasteiger partial charge in [-0.1, -0.05) is 12.1 Å². The summed E-state index contributed by atoms with van der Waals surface area (Å²) in [7, 11) is 1.71. The van der Waals surface area contributed by atoms with Crippen molar-refractivity contribution in [2.45, 2.75) is 26.7 Å². The SMILES string of the molecule is CCOC(=O)OC1=C(C)NC(C)=C(OC(=O)OCCNC)C1c1cccc([N+](=O)[O-])c1. The van der Waals surface area contributed by atoms with Gasteiger partial charge in [-0.25, -0.2) is 9.59 Å². The first-order valence-corrected chi connectivity index (χ1v) is 9.55. The van der Waals surface area contributed by atoms with E-state index in [2.05, 4.69) is 10.6 Å². The molecule has 0 bridgehead atoms. The predicted molar refractivity (Wildman–Crippen MR) is 109 cm³/mol. The molecule has 31 heavy (non-hydrogen) atoms. The summed E-state index contributed by atoms with van der Waals surface area (Å²) in [6.07, 6.45) is -1.92. The van der Waals surface area contributed by atoms with Gasteiger partial charge in [-0.05, 0) is 33.4 Å². The molecule has 1 heterocycles. The van der Waals surface area contributed by atoms with Crippen LogP contribution in [0.15, 0.2) is 47.2 Å². The molecule has 2 N–H and O–H groups in total. The first-order valence-electron chi connectivity index (χ1n) is 9.55. The highest BCUT2D eigenvalue weighted by Crippen LogP contribution is 2.40. The van der Waals surface area contributed by atoms with E-state index in [1.807, 2.05) is 0 Å². The molecule has 0 aliphatic carbocycles. The average Bonchev–Trinajstić information content (AvgIpc) is 2.72. The van der Waals surface area contributed by atoms with Crippen molar-refractivity contribution in [3.05, 3.63) is 62.9 Å². The number of hydrogen-bond acceptors (Lipinski definition) is 10. The Morgan fingerprint density at radius 1 is 1.13 bits per heavy atom. The van der Waals surface area contributed by atoms with Crippen LogP contribution in [0.5, 0.6) is 0 Å². The summed E-state index contributed by atoms with van der Waals surface area (Å²) in [6, 6.07) is 5.75. The van der Waals surface area contributed by atoms with Gasteiger partial charge in [0.2, 0.25) is 0 Å². The standard InChI is InChI=1S/C20H25N3O8/c1-5-28-19(24)30-17-12(2)22-13(3)18(31-20(25)29-10-9-21-4)16(17)14-7-6-8-15(11-14)23(26)27/h6-8,11,16,21-22H,5,9-10H2,1-4H3. The topological polar surface area (TPSA) is 138 Å². The molecule has 0 aromatic heterocycles.